The molecule has 0 amide bonds. The molecule has 106 valence electrons. The number of halogens is 6. The molecule has 2 aromatic carbocycles. The molecule has 20 heavy (non-hydrogen) atoms. The zero-order valence-corrected chi connectivity index (χ0v) is 12.8. The van der Waals surface area contributed by atoms with E-state index < -0.39 is 17.6 Å². The Morgan fingerprint density at radius 3 is 2.25 bits per heavy atom. The summed E-state index contributed by atoms with van der Waals surface area (Å²) in [5.74, 6) is -0.769. The second-order valence-electron chi connectivity index (χ2n) is 3.82. The molecule has 7 heteroatoms. The Bertz CT molecular complexity index is 641. The van der Waals surface area contributed by atoms with Crippen LogP contribution in [-0.4, -0.2) is 0 Å². The summed E-state index contributed by atoms with van der Waals surface area (Å²) in [5.41, 5.74) is -0.910. The fourth-order valence-electron chi connectivity index (χ4n) is 1.48. The van der Waals surface area contributed by atoms with E-state index in [9.17, 15) is 17.6 Å². The molecule has 0 atom stereocenters. The normalized spacial score (nSPS) is 11.5. The summed E-state index contributed by atoms with van der Waals surface area (Å²) in [6, 6.07) is 7.17. The number of ether oxygens (including phenoxy) is 1. The summed E-state index contributed by atoms with van der Waals surface area (Å²) in [5, 5.41) is 0. The second kappa shape index (κ2) is 5.73. The van der Waals surface area contributed by atoms with Gasteiger partial charge in [0.05, 0.1) is 10.0 Å². The van der Waals surface area contributed by atoms with Crippen LogP contribution in [0.2, 0.25) is 0 Å². The van der Waals surface area contributed by atoms with Gasteiger partial charge in [-0.15, -0.1) is 0 Å². The minimum absolute atomic E-state index is 0.103. The van der Waals surface area contributed by atoms with Crippen LogP contribution >= 0.6 is 31.9 Å². The van der Waals surface area contributed by atoms with Crippen molar-refractivity contribution in [2.24, 2.45) is 0 Å². The maximum atomic E-state index is 13.1. The van der Waals surface area contributed by atoms with Crippen molar-refractivity contribution in [1.82, 2.24) is 0 Å². The van der Waals surface area contributed by atoms with E-state index in [0.717, 1.165) is 12.1 Å². The van der Waals surface area contributed by atoms with E-state index >= 15 is 0 Å². The van der Waals surface area contributed by atoms with Crippen LogP contribution in [-0.2, 0) is 6.18 Å². The SMILES string of the molecule is Fc1ccc(Oc2ccc(Br)cc2C(F)(F)F)cc1Br. The molecular weight excluding hydrogens is 408 g/mol. The highest BCUT2D eigenvalue weighted by Crippen LogP contribution is 2.40. The van der Waals surface area contributed by atoms with E-state index in [1.165, 1.54) is 24.3 Å². The zero-order chi connectivity index (χ0) is 14.9. The van der Waals surface area contributed by atoms with Gasteiger partial charge in [0, 0.05) is 4.47 Å². The Hall–Kier alpha value is -1.08. The third-order valence-electron chi connectivity index (χ3n) is 2.37. The summed E-state index contributed by atoms with van der Waals surface area (Å²) in [4.78, 5) is 0. The van der Waals surface area contributed by atoms with Crippen LogP contribution < -0.4 is 4.74 Å². The number of benzene rings is 2. The molecule has 0 aliphatic rings. The molecule has 0 heterocycles. The Balaban J connectivity index is 2.40. The van der Waals surface area contributed by atoms with Gasteiger partial charge in [0.15, 0.2) is 0 Å². The fraction of sp³-hybridized carbons (Fsp3) is 0.0769. The minimum Gasteiger partial charge on any atom is -0.457 e. The molecule has 0 unspecified atom stereocenters. The van der Waals surface area contributed by atoms with Gasteiger partial charge in [-0.3, -0.25) is 0 Å². The lowest BCUT2D eigenvalue weighted by atomic mass is 10.2. The summed E-state index contributed by atoms with van der Waals surface area (Å²) >= 11 is 5.93. The lowest BCUT2D eigenvalue weighted by Crippen LogP contribution is -2.07. The van der Waals surface area contributed by atoms with Crippen molar-refractivity contribution in [2.45, 2.75) is 6.18 Å². The van der Waals surface area contributed by atoms with Gasteiger partial charge in [0.25, 0.3) is 0 Å². The largest absolute Gasteiger partial charge is 0.457 e. The van der Waals surface area contributed by atoms with Gasteiger partial charge in [0.2, 0.25) is 0 Å². The van der Waals surface area contributed by atoms with E-state index in [4.69, 9.17) is 4.74 Å². The summed E-state index contributed by atoms with van der Waals surface area (Å²) in [6.45, 7) is 0. The predicted octanol–water partition coefficient (Wildman–Crippen LogP) is 6.16. The van der Waals surface area contributed by atoms with Crippen LogP contribution in [0.15, 0.2) is 45.3 Å². The number of hydrogen-bond donors (Lipinski definition) is 0. The molecule has 0 bridgehead atoms. The van der Waals surface area contributed by atoms with E-state index in [2.05, 4.69) is 31.9 Å². The first-order chi connectivity index (χ1) is 9.27. The monoisotopic (exact) mass is 412 g/mol. The first-order valence-electron chi connectivity index (χ1n) is 5.27. The van der Waals surface area contributed by atoms with Crippen LogP contribution in [0.4, 0.5) is 17.6 Å². The average molecular weight is 414 g/mol. The fourth-order valence-corrected chi connectivity index (χ4v) is 2.20. The van der Waals surface area contributed by atoms with E-state index in [-0.39, 0.29) is 20.4 Å². The molecule has 0 aliphatic carbocycles. The highest BCUT2D eigenvalue weighted by atomic mass is 79.9. The van der Waals surface area contributed by atoms with Crippen LogP contribution in [0.1, 0.15) is 5.56 Å². The smallest absolute Gasteiger partial charge is 0.420 e. The molecule has 0 saturated carbocycles. The Kier molecular flexibility index (Phi) is 4.39. The van der Waals surface area contributed by atoms with Crippen molar-refractivity contribution in [1.29, 1.82) is 0 Å². The molecule has 0 aliphatic heterocycles. The van der Waals surface area contributed by atoms with Crippen molar-refractivity contribution in [3.63, 3.8) is 0 Å². The second-order valence-corrected chi connectivity index (χ2v) is 5.59. The van der Waals surface area contributed by atoms with E-state index in [1.807, 2.05) is 0 Å². The summed E-state index contributed by atoms with van der Waals surface area (Å²) in [7, 11) is 0. The number of hydrogen-bond acceptors (Lipinski definition) is 1. The van der Waals surface area contributed by atoms with Gasteiger partial charge in [-0.25, -0.2) is 4.39 Å². The zero-order valence-electron chi connectivity index (χ0n) is 9.64. The van der Waals surface area contributed by atoms with Gasteiger partial charge in [0.1, 0.15) is 17.3 Å². The Morgan fingerprint density at radius 2 is 1.65 bits per heavy atom. The predicted molar refractivity (Wildman–Crippen MR) is 73.3 cm³/mol. The molecule has 0 spiro atoms. The van der Waals surface area contributed by atoms with Gasteiger partial charge < -0.3 is 4.74 Å². The van der Waals surface area contributed by atoms with Gasteiger partial charge in [-0.2, -0.15) is 13.2 Å². The van der Waals surface area contributed by atoms with E-state index in [0.29, 0.717) is 0 Å². The summed E-state index contributed by atoms with van der Waals surface area (Å²) in [6.07, 6.45) is -4.55. The standard InChI is InChI=1S/C13H6Br2F4O/c14-7-1-4-12(9(5-7)13(17,18)19)20-8-2-3-11(16)10(15)6-8/h1-6H. The van der Waals surface area contributed by atoms with Crippen molar-refractivity contribution in [2.75, 3.05) is 0 Å². The van der Waals surface area contributed by atoms with Gasteiger partial charge >= 0.3 is 6.18 Å². The first-order valence-corrected chi connectivity index (χ1v) is 6.85. The molecule has 2 rings (SSSR count). The van der Waals surface area contributed by atoms with Crippen LogP contribution in [0.5, 0.6) is 11.5 Å². The topological polar surface area (TPSA) is 9.23 Å². The lowest BCUT2D eigenvalue weighted by molar-refractivity contribution is -0.138. The molecular formula is C13H6Br2F4O. The Labute approximate surface area is 128 Å². The minimum atomic E-state index is -4.55. The molecule has 2 aromatic rings. The van der Waals surface area contributed by atoms with Crippen molar-refractivity contribution < 1.29 is 22.3 Å². The number of rotatable bonds is 2. The van der Waals surface area contributed by atoms with Crippen LogP contribution in [0.3, 0.4) is 0 Å². The van der Waals surface area contributed by atoms with Crippen molar-refractivity contribution in [3.05, 3.63) is 56.7 Å². The maximum absolute atomic E-state index is 13.1. The van der Waals surface area contributed by atoms with E-state index in [1.54, 1.807) is 0 Å². The van der Waals surface area contributed by atoms with Crippen LogP contribution in [0.25, 0.3) is 0 Å². The van der Waals surface area contributed by atoms with Gasteiger partial charge in [-0.05, 0) is 52.3 Å². The third-order valence-corrected chi connectivity index (χ3v) is 3.47. The molecule has 0 N–H and O–H groups in total. The molecule has 0 saturated heterocycles. The summed E-state index contributed by atoms with van der Waals surface area (Å²) < 4.78 is 57.4. The van der Waals surface area contributed by atoms with Gasteiger partial charge in [-0.1, -0.05) is 15.9 Å². The van der Waals surface area contributed by atoms with Crippen molar-refractivity contribution in [3.8, 4) is 11.5 Å². The Morgan fingerprint density at radius 1 is 0.950 bits per heavy atom. The van der Waals surface area contributed by atoms with Crippen molar-refractivity contribution >= 4 is 31.9 Å². The molecule has 0 fully saturated rings. The quantitative estimate of drug-likeness (QED) is 0.535. The average Bonchev–Trinajstić information content (AvgIpc) is 2.35. The lowest BCUT2D eigenvalue weighted by Gasteiger charge is -2.14. The maximum Gasteiger partial charge on any atom is 0.420 e. The number of alkyl halides is 3. The first kappa shape index (κ1) is 15.3. The highest BCUT2D eigenvalue weighted by molar-refractivity contribution is 9.10. The molecule has 1 nitrogen and oxygen atoms in total. The highest BCUT2D eigenvalue weighted by Gasteiger charge is 2.34. The molecule has 0 radical (unpaired) electrons. The molecule has 0 aromatic heterocycles. The van der Waals surface area contributed by atoms with Crippen LogP contribution in [0, 0.1) is 5.82 Å². The third kappa shape index (κ3) is 3.52.